The van der Waals surface area contributed by atoms with E-state index in [4.69, 9.17) is 23.2 Å². The lowest BCUT2D eigenvalue weighted by Crippen LogP contribution is -1.82. The first-order valence-corrected chi connectivity index (χ1v) is 4.81. The average Bonchev–Trinajstić information content (AvgIpc) is 2.19. The number of halogens is 2. The van der Waals surface area contributed by atoms with Crippen LogP contribution in [0.5, 0.6) is 0 Å². The first kappa shape index (κ1) is 9.50. The average molecular weight is 225 g/mol. The Morgan fingerprint density at radius 1 is 1.00 bits per heavy atom. The summed E-state index contributed by atoms with van der Waals surface area (Å²) in [5.41, 5.74) is 0.538. The zero-order valence-electron chi connectivity index (χ0n) is 7.13. The second kappa shape index (κ2) is 3.60. The highest BCUT2D eigenvalue weighted by Gasteiger charge is 2.04. The smallest absolute Gasteiger partial charge is 0.150 e. The van der Waals surface area contributed by atoms with Crippen molar-refractivity contribution in [1.82, 2.24) is 0 Å². The lowest BCUT2D eigenvalue weighted by Gasteiger charge is -2.03. The Bertz CT molecular complexity index is 506. The Morgan fingerprint density at radius 3 is 2.50 bits per heavy atom. The zero-order valence-corrected chi connectivity index (χ0v) is 8.64. The summed E-state index contributed by atoms with van der Waals surface area (Å²) >= 11 is 12.0. The third kappa shape index (κ3) is 1.49. The number of hydrogen-bond donors (Lipinski definition) is 0. The second-order valence-electron chi connectivity index (χ2n) is 2.96. The van der Waals surface area contributed by atoms with Crippen LogP contribution in [0.15, 0.2) is 30.3 Å². The molecule has 14 heavy (non-hydrogen) atoms. The lowest BCUT2D eigenvalue weighted by atomic mass is 10.1. The minimum atomic E-state index is 0.538. The van der Waals surface area contributed by atoms with E-state index in [1.54, 1.807) is 18.2 Å². The van der Waals surface area contributed by atoms with Gasteiger partial charge in [0.25, 0.3) is 0 Å². The summed E-state index contributed by atoms with van der Waals surface area (Å²) in [5.74, 6) is 0. The van der Waals surface area contributed by atoms with E-state index in [0.29, 0.717) is 15.6 Å². The third-order valence-corrected chi connectivity index (χ3v) is 2.69. The third-order valence-electron chi connectivity index (χ3n) is 2.05. The standard InChI is InChI=1S/C11H6Cl2O/c12-10-3-1-2-8-9(10)4-7(6-14)5-11(8)13/h1-6H. The Morgan fingerprint density at radius 2 is 1.79 bits per heavy atom. The highest BCUT2D eigenvalue weighted by atomic mass is 35.5. The highest BCUT2D eigenvalue weighted by molar-refractivity contribution is 6.39. The number of carbonyl (C=O) groups excluding carboxylic acids is 1. The first-order valence-electron chi connectivity index (χ1n) is 4.05. The number of benzene rings is 2. The normalized spacial score (nSPS) is 10.4. The molecular formula is C11H6Cl2O. The molecule has 0 radical (unpaired) electrons. The van der Waals surface area contributed by atoms with Crippen LogP contribution >= 0.6 is 23.2 Å². The van der Waals surface area contributed by atoms with Gasteiger partial charge >= 0.3 is 0 Å². The zero-order chi connectivity index (χ0) is 10.1. The molecular weight excluding hydrogens is 219 g/mol. The summed E-state index contributed by atoms with van der Waals surface area (Å²) in [4.78, 5) is 10.6. The van der Waals surface area contributed by atoms with Gasteiger partial charge in [-0.05, 0) is 18.2 Å². The molecule has 0 spiro atoms. The highest BCUT2D eigenvalue weighted by Crippen LogP contribution is 2.29. The largest absolute Gasteiger partial charge is 0.298 e. The maximum absolute atomic E-state index is 10.6. The van der Waals surface area contributed by atoms with Crippen molar-refractivity contribution in [2.45, 2.75) is 0 Å². The summed E-state index contributed by atoms with van der Waals surface area (Å²) in [6, 6.07) is 8.84. The first-order chi connectivity index (χ1) is 6.72. The van der Waals surface area contributed by atoms with Gasteiger partial charge in [-0.3, -0.25) is 4.79 Å². The minimum absolute atomic E-state index is 0.538. The van der Waals surface area contributed by atoms with Crippen LogP contribution in [-0.2, 0) is 0 Å². The molecule has 0 aliphatic carbocycles. The van der Waals surface area contributed by atoms with Gasteiger partial charge in [-0.1, -0.05) is 35.3 Å². The van der Waals surface area contributed by atoms with Gasteiger partial charge in [0.2, 0.25) is 0 Å². The summed E-state index contributed by atoms with van der Waals surface area (Å²) in [5, 5.41) is 2.83. The van der Waals surface area contributed by atoms with Crippen LogP contribution in [0.3, 0.4) is 0 Å². The van der Waals surface area contributed by atoms with Gasteiger partial charge in [0.1, 0.15) is 6.29 Å². The van der Waals surface area contributed by atoms with Crippen molar-refractivity contribution in [2.75, 3.05) is 0 Å². The fourth-order valence-corrected chi connectivity index (χ4v) is 1.91. The topological polar surface area (TPSA) is 17.1 Å². The Balaban J connectivity index is 2.90. The molecule has 0 N–H and O–H groups in total. The van der Waals surface area contributed by atoms with Crippen LogP contribution in [0.25, 0.3) is 10.8 Å². The maximum atomic E-state index is 10.6. The van der Waals surface area contributed by atoms with Crippen LogP contribution in [-0.4, -0.2) is 6.29 Å². The molecule has 0 amide bonds. The van der Waals surface area contributed by atoms with Gasteiger partial charge in [-0.2, -0.15) is 0 Å². The molecule has 0 aromatic heterocycles. The van der Waals surface area contributed by atoms with Crippen LogP contribution in [0.4, 0.5) is 0 Å². The molecule has 0 heterocycles. The van der Waals surface area contributed by atoms with E-state index in [2.05, 4.69) is 0 Å². The summed E-state index contributed by atoms with van der Waals surface area (Å²) in [6.45, 7) is 0. The van der Waals surface area contributed by atoms with Crippen molar-refractivity contribution in [2.24, 2.45) is 0 Å². The van der Waals surface area contributed by atoms with Crippen LogP contribution in [0.2, 0.25) is 10.0 Å². The van der Waals surface area contributed by atoms with Crippen LogP contribution in [0.1, 0.15) is 10.4 Å². The molecule has 1 nitrogen and oxygen atoms in total. The molecule has 2 aromatic rings. The molecule has 70 valence electrons. The fourth-order valence-electron chi connectivity index (χ4n) is 1.39. The molecule has 0 fully saturated rings. The predicted octanol–water partition coefficient (Wildman–Crippen LogP) is 3.96. The Hall–Kier alpha value is -1.05. The van der Waals surface area contributed by atoms with Crippen molar-refractivity contribution in [3.05, 3.63) is 45.9 Å². The number of carbonyl (C=O) groups is 1. The van der Waals surface area contributed by atoms with E-state index >= 15 is 0 Å². The molecule has 2 rings (SSSR count). The van der Waals surface area contributed by atoms with Gasteiger partial charge in [0, 0.05) is 26.4 Å². The molecule has 0 aliphatic heterocycles. The predicted molar refractivity (Wildman–Crippen MR) is 59.4 cm³/mol. The lowest BCUT2D eigenvalue weighted by molar-refractivity contribution is 0.112. The monoisotopic (exact) mass is 224 g/mol. The number of fused-ring (bicyclic) bond motifs is 1. The quantitative estimate of drug-likeness (QED) is 0.671. The molecule has 0 aliphatic rings. The van der Waals surface area contributed by atoms with E-state index in [1.165, 1.54) is 0 Å². The summed E-state index contributed by atoms with van der Waals surface area (Å²) in [6.07, 6.45) is 0.759. The summed E-state index contributed by atoms with van der Waals surface area (Å²) < 4.78 is 0. The van der Waals surface area contributed by atoms with Crippen molar-refractivity contribution in [3.8, 4) is 0 Å². The van der Waals surface area contributed by atoms with E-state index in [9.17, 15) is 4.79 Å². The van der Waals surface area contributed by atoms with Crippen molar-refractivity contribution in [3.63, 3.8) is 0 Å². The molecule has 0 saturated carbocycles. The second-order valence-corrected chi connectivity index (χ2v) is 3.77. The maximum Gasteiger partial charge on any atom is 0.150 e. The van der Waals surface area contributed by atoms with Crippen molar-refractivity contribution in [1.29, 1.82) is 0 Å². The minimum Gasteiger partial charge on any atom is -0.298 e. The summed E-state index contributed by atoms with van der Waals surface area (Å²) in [7, 11) is 0. The Labute approximate surface area is 91.2 Å². The van der Waals surface area contributed by atoms with Crippen molar-refractivity contribution >= 4 is 40.3 Å². The van der Waals surface area contributed by atoms with E-state index < -0.39 is 0 Å². The molecule has 3 heteroatoms. The van der Waals surface area contributed by atoms with E-state index in [0.717, 1.165) is 17.1 Å². The Kier molecular flexibility index (Phi) is 2.44. The number of rotatable bonds is 1. The van der Waals surface area contributed by atoms with Gasteiger partial charge in [-0.25, -0.2) is 0 Å². The van der Waals surface area contributed by atoms with E-state index in [1.807, 2.05) is 12.1 Å². The molecule has 2 aromatic carbocycles. The SMILES string of the molecule is O=Cc1cc(Cl)c2cccc(Cl)c2c1. The van der Waals surface area contributed by atoms with Gasteiger partial charge in [-0.15, -0.1) is 0 Å². The van der Waals surface area contributed by atoms with Crippen LogP contribution in [0, 0.1) is 0 Å². The van der Waals surface area contributed by atoms with Crippen LogP contribution < -0.4 is 0 Å². The number of hydrogen-bond acceptors (Lipinski definition) is 1. The number of aldehydes is 1. The van der Waals surface area contributed by atoms with Crippen molar-refractivity contribution < 1.29 is 4.79 Å². The molecule has 0 bridgehead atoms. The molecule has 0 atom stereocenters. The molecule has 0 saturated heterocycles. The van der Waals surface area contributed by atoms with E-state index in [-0.39, 0.29) is 0 Å². The molecule has 0 unspecified atom stereocenters. The van der Waals surface area contributed by atoms with Gasteiger partial charge in [0.05, 0.1) is 0 Å². The fraction of sp³-hybridized carbons (Fsp3) is 0. The van der Waals surface area contributed by atoms with Gasteiger partial charge < -0.3 is 0 Å². The van der Waals surface area contributed by atoms with Gasteiger partial charge in [0.15, 0.2) is 0 Å².